The summed E-state index contributed by atoms with van der Waals surface area (Å²) in [5.41, 5.74) is 6.52. The zero-order valence-corrected chi connectivity index (χ0v) is 7.73. The minimum absolute atomic E-state index is 0.0675. The van der Waals surface area contributed by atoms with Gasteiger partial charge in [-0.15, -0.1) is 0 Å². The predicted molar refractivity (Wildman–Crippen MR) is 53.1 cm³/mol. The van der Waals surface area contributed by atoms with Gasteiger partial charge in [-0.25, -0.2) is 0 Å². The van der Waals surface area contributed by atoms with E-state index in [-0.39, 0.29) is 12.2 Å². The van der Waals surface area contributed by atoms with E-state index in [2.05, 4.69) is 0 Å². The molecular formula is C10H13NO3. The number of carbonyl (C=O) groups is 1. The van der Waals surface area contributed by atoms with Gasteiger partial charge in [0.1, 0.15) is 5.75 Å². The molecule has 0 radical (unpaired) electrons. The second-order valence-electron chi connectivity index (χ2n) is 3.10. The minimum atomic E-state index is -0.826. The van der Waals surface area contributed by atoms with Gasteiger partial charge in [0, 0.05) is 6.42 Å². The van der Waals surface area contributed by atoms with Gasteiger partial charge >= 0.3 is 5.97 Å². The maximum Gasteiger partial charge on any atom is 0.303 e. The van der Waals surface area contributed by atoms with Crippen LogP contribution >= 0.6 is 0 Å². The number of para-hydroxylation sites is 1. The van der Waals surface area contributed by atoms with E-state index < -0.39 is 5.97 Å². The second-order valence-corrected chi connectivity index (χ2v) is 3.10. The van der Waals surface area contributed by atoms with Gasteiger partial charge in [-0.05, 0) is 24.5 Å². The Labute approximate surface area is 82.0 Å². The van der Waals surface area contributed by atoms with E-state index in [1.807, 2.05) is 0 Å². The third kappa shape index (κ3) is 2.65. The molecule has 0 saturated carbocycles. The maximum atomic E-state index is 10.3. The molecule has 76 valence electrons. The number of phenolic OH excluding ortho intramolecular Hbond substituents is 1. The van der Waals surface area contributed by atoms with Crippen molar-refractivity contribution in [3.05, 3.63) is 23.8 Å². The number of hydrogen-bond acceptors (Lipinski definition) is 3. The summed E-state index contributed by atoms with van der Waals surface area (Å²) < 4.78 is 0. The molecule has 14 heavy (non-hydrogen) atoms. The average molecular weight is 195 g/mol. The molecule has 1 aromatic rings. The average Bonchev–Trinajstić information content (AvgIpc) is 2.12. The van der Waals surface area contributed by atoms with Crippen molar-refractivity contribution in [2.24, 2.45) is 0 Å². The Bertz CT molecular complexity index is 336. The summed E-state index contributed by atoms with van der Waals surface area (Å²) in [7, 11) is 0. The van der Waals surface area contributed by atoms with E-state index in [1.54, 1.807) is 18.2 Å². The molecule has 0 aliphatic heterocycles. The van der Waals surface area contributed by atoms with E-state index in [4.69, 9.17) is 10.8 Å². The second kappa shape index (κ2) is 4.50. The lowest BCUT2D eigenvalue weighted by Crippen LogP contribution is -1.97. The Morgan fingerprint density at radius 3 is 2.79 bits per heavy atom. The van der Waals surface area contributed by atoms with Gasteiger partial charge in [0.2, 0.25) is 0 Å². The Morgan fingerprint density at radius 2 is 2.14 bits per heavy atom. The minimum Gasteiger partial charge on any atom is -0.506 e. The molecule has 1 aromatic carbocycles. The lowest BCUT2D eigenvalue weighted by molar-refractivity contribution is -0.137. The van der Waals surface area contributed by atoms with Gasteiger partial charge in [-0.3, -0.25) is 4.79 Å². The van der Waals surface area contributed by atoms with Crippen LogP contribution in [0.25, 0.3) is 0 Å². The molecule has 4 heteroatoms. The van der Waals surface area contributed by atoms with Crippen LogP contribution in [0.4, 0.5) is 5.69 Å². The maximum absolute atomic E-state index is 10.3. The highest BCUT2D eigenvalue weighted by molar-refractivity contribution is 5.66. The van der Waals surface area contributed by atoms with Crippen LogP contribution in [-0.4, -0.2) is 16.2 Å². The highest BCUT2D eigenvalue weighted by Crippen LogP contribution is 2.25. The standard InChI is InChI=1S/C10H13NO3/c11-8-5-1-3-7(10(8)14)4-2-6-9(12)13/h1,3,5,14H,2,4,6,11H2,(H,12,13). The number of nitrogens with two attached hydrogens (primary N) is 1. The molecule has 0 heterocycles. The number of carboxylic acid groups (broad SMARTS) is 1. The fourth-order valence-electron chi connectivity index (χ4n) is 1.24. The zero-order chi connectivity index (χ0) is 10.6. The van der Waals surface area contributed by atoms with E-state index in [1.165, 1.54) is 0 Å². The first-order valence-corrected chi connectivity index (χ1v) is 4.39. The number of nitrogen functional groups attached to an aromatic ring is 1. The highest BCUT2D eigenvalue weighted by Gasteiger charge is 2.04. The Kier molecular flexibility index (Phi) is 3.34. The number of aliphatic carboxylic acids is 1. The summed E-state index contributed by atoms with van der Waals surface area (Å²) in [4.78, 5) is 10.3. The highest BCUT2D eigenvalue weighted by atomic mass is 16.4. The summed E-state index contributed by atoms with van der Waals surface area (Å²) in [6.45, 7) is 0. The lowest BCUT2D eigenvalue weighted by Gasteiger charge is -2.05. The quantitative estimate of drug-likeness (QED) is 0.500. The molecule has 0 bridgehead atoms. The molecule has 0 spiro atoms. The largest absolute Gasteiger partial charge is 0.506 e. The fourth-order valence-corrected chi connectivity index (χ4v) is 1.24. The lowest BCUT2D eigenvalue weighted by atomic mass is 10.1. The van der Waals surface area contributed by atoms with Gasteiger partial charge in [0.25, 0.3) is 0 Å². The summed E-state index contributed by atoms with van der Waals surface area (Å²) >= 11 is 0. The number of benzene rings is 1. The van der Waals surface area contributed by atoms with Crippen LogP contribution in [0.15, 0.2) is 18.2 Å². The van der Waals surface area contributed by atoms with Crippen molar-refractivity contribution >= 4 is 11.7 Å². The van der Waals surface area contributed by atoms with Crippen molar-refractivity contribution in [2.75, 3.05) is 5.73 Å². The van der Waals surface area contributed by atoms with Crippen LogP contribution in [-0.2, 0) is 11.2 Å². The molecular weight excluding hydrogens is 182 g/mol. The molecule has 0 unspecified atom stereocenters. The number of aryl methyl sites for hydroxylation is 1. The van der Waals surface area contributed by atoms with Crippen molar-refractivity contribution in [3.8, 4) is 5.75 Å². The number of hydrogen-bond donors (Lipinski definition) is 3. The van der Waals surface area contributed by atoms with Gasteiger partial charge < -0.3 is 15.9 Å². The topological polar surface area (TPSA) is 83.6 Å². The first kappa shape index (κ1) is 10.4. The fraction of sp³-hybridized carbons (Fsp3) is 0.300. The third-order valence-electron chi connectivity index (χ3n) is 1.99. The molecule has 0 aromatic heterocycles. The predicted octanol–water partition coefficient (Wildman–Crippen LogP) is 1.38. The van der Waals surface area contributed by atoms with E-state index >= 15 is 0 Å². The van der Waals surface area contributed by atoms with Gasteiger partial charge in [0.15, 0.2) is 0 Å². The first-order chi connectivity index (χ1) is 6.61. The number of phenols is 1. The van der Waals surface area contributed by atoms with Crippen molar-refractivity contribution in [3.63, 3.8) is 0 Å². The molecule has 0 aliphatic carbocycles. The van der Waals surface area contributed by atoms with Crippen molar-refractivity contribution < 1.29 is 15.0 Å². The van der Waals surface area contributed by atoms with Crippen LogP contribution in [0.3, 0.4) is 0 Å². The summed E-state index contributed by atoms with van der Waals surface area (Å²) in [5.74, 6) is -0.758. The molecule has 0 aliphatic rings. The molecule has 1 rings (SSSR count). The van der Waals surface area contributed by atoms with E-state index in [9.17, 15) is 9.90 Å². The molecule has 0 fully saturated rings. The van der Waals surface area contributed by atoms with E-state index in [0.29, 0.717) is 24.1 Å². The normalized spacial score (nSPS) is 10.0. The number of rotatable bonds is 4. The van der Waals surface area contributed by atoms with Crippen molar-refractivity contribution in [1.29, 1.82) is 0 Å². The SMILES string of the molecule is Nc1cccc(CCCC(=O)O)c1O. The van der Waals surface area contributed by atoms with Gasteiger partial charge in [-0.2, -0.15) is 0 Å². The van der Waals surface area contributed by atoms with Crippen LogP contribution in [0.1, 0.15) is 18.4 Å². The number of aromatic hydroxyl groups is 1. The monoisotopic (exact) mass is 195 g/mol. The van der Waals surface area contributed by atoms with Crippen LogP contribution < -0.4 is 5.73 Å². The van der Waals surface area contributed by atoms with Crippen molar-refractivity contribution in [2.45, 2.75) is 19.3 Å². The first-order valence-electron chi connectivity index (χ1n) is 4.39. The molecule has 0 amide bonds. The van der Waals surface area contributed by atoms with Crippen LogP contribution in [0.2, 0.25) is 0 Å². The molecule has 4 nitrogen and oxygen atoms in total. The van der Waals surface area contributed by atoms with Crippen LogP contribution in [0.5, 0.6) is 5.75 Å². The summed E-state index contributed by atoms with van der Waals surface area (Å²) in [6.07, 6.45) is 1.14. The molecule has 0 saturated heterocycles. The Hall–Kier alpha value is -1.71. The molecule has 0 atom stereocenters. The summed E-state index contributed by atoms with van der Waals surface area (Å²) in [6, 6.07) is 5.09. The molecule has 4 N–H and O–H groups in total. The summed E-state index contributed by atoms with van der Waals surface area (Å²) in [5, 5.41) is 17.9. The number of carboxylic acids is 1. The zero-order valence-electron chi connectivity index (χ0n) is 7.73. The Balaban J connectivity index is 2.59. The van der Waals surface area contributed by atoms with Gasteiger partial charge in [-0.1, -0.05) is 12.1 Å². The Morgan fingerprint density at radius 1 is 1.43 bits per heavy atom. The van der Waals surface area contributed by atoms with Crippen molar-refractivity contribution in [1.82, 2.24) is 0 Å². The van der Waals surface area contributed by atoms with Gasteiger partial charge in [0.05, 0.1) is 5.69 Å². The van der Waals surface area contributed by atoms with Crippen LogP contribution in [0, 0.1) is 0 Å². The smallest absolute Gasteiger partial charge is 0.303 e. The third-order valence-corrected chi connectivity index (χ3v) is 1.99. The van der Waals surface area contributed by atoms with E-state index in [0.717, 1.165) is 0 Å². The number of anilines is 1.